The van der Waals surface area contributed by atoms with E-state index < -0.39 is 5.54 Å². The number of benzene rings is 2. The van der Waals surface area contributed by atoms with Gasteiger partial charge < -0.3 is 15.0 Å². The van der Waals surface area contributed by atoms with Crippen LogP contribution >= 0.6 is 0 Å². The first-order valence-electron chi connectivity index (χ1n) is 11.5. The van der Waals surface area contributed by atoms with Gasteiger partial charge in [-0.3, -0.25) is 14.6 Å². The van der Waals surface area contributed by atoms with E-state index in [2.05, 4.69) is 24.1 Å². The number of fused-ring (bicyclic) bond motifs is 4. The Balaban J connectivity index is 1.65. The van der Waals surface area contributed by atoms with E-state index in [0.29, 0.717) is 19.5 Å². The molecule has 2 aliphatic heterocycles. The zero-order valence-electron chi connectivity index (χ0n) is 19.5. The van der Waals surface area contributed by atoms with Gasteiger partial charge in [-0.15, -0.1) is 0 Å². The Kier molecular flexibility index (Phi) is 5.16. The van der Waals surface area contributed by atoms with Crippen LogP contribution in [0.3, 0.4) is 0 Å². The molecule has 2 atom stereocenters. The van der Waals surface area contributed by atoms with Gasteiger partial charge in [-0.05, 0) is 36.2 Å². The number of hydrogen-bond donors (Lipinski definition) is 2. The minimum Gasteiger partial charge on any atom is -0.497 e. The van der Waals surface area contributed by atoms with Gasteiger partial charge in [0.05, 0.1) is 7.11 Å². The van der Waals surface area contributed by atoms with Crippen LogP contribution in [0.5, 0.6) is 5.75 Å². The highest BCUT2D eigenvalue weighted by Gasteiger charge is 2.59. The topological polar surface area (TPSA) is 77.7 Å². The Morgan fingerprint density at radius 3 is 2.64 bits per heavy atom. The van der Waals surface area contributed by atoms with Gasteiger partial charge >= 0.3 is 6.03 Å². The molecule has 1 fully saturated rings. The minimum atomic E-state index is -0.958. The molecule has 0 unspecified atom stereocenters. The van der Waals surface area contributed by atoms with Gasteiger partial charge in [0.15, 0.2) is 0 Å². The average Bonchev–Trinajstić information content (AvgIpc) is 3.25. The number of nitrogens with zero attached hydrogens (tertiary/aromatic N) is 2. The molecule has 3 aromatic rings. The van der Waals surface area contributed by atoms with Crippen LogP contribution in [0.4, 0.5) is 4.79 Å². The fourth-order valence-electron chi connectivity index (χ4n) is 5.26. The third-order valence-corrected chi connectivity index (χ3v) is 6.88. The molecule has 7 heteroatoms. The molecule has 5 rings (SSSR count). The summed E-state index contributed by atoms with van der Waals surface area (Å²) in [5.41, 5.74) is 3.03. The minimum absolute atomic E-state index is 0.137. The second kappa shape index (κ2) is 7.92. The lowest BCUT2D eigenvalue weighted by molar-refractivity contribution is -0.133. The predicted molar refractivity (Wildman–Crippen MR) is 127 cm³/mol. The van der Waals surface area contributed by atoms with E-state index in [9.17, 15) is 9.59 Å². The Labute approximate surface area is 193 Å². The van der Waals surface area contributed by atoms with E-state index in [-0.39, 0.29) is 24.0 Å². The summed E-state index contributed by atoms with van der Waals surface area (Å²) in [5.74, 6) is 0.630. The van der Waals surface area contributed by atoms with E-state index in [1.807, 2.05) is 55.5 Å². The Morgan fingerprint density at radius 2 is 1.94 bits per heavy atom. The largest absolute Gasteiger partial charge is 0.497 e. The van der Waals surface area contributed by atoms with Crippen LogP contribution in [-0.4, -0.2) is 58.5 Å². The molecule has 0 spiro atoms. The maximum atomic E-state index is 13.7. The number of amides is 3. The molecule has 1 aromatic heterocycles. The van der Waals surface area contributed by atoms with Gasteiger partial charge in [-0.25, -0.2) is 4.79 Å². The molecule has 2 aromatic carbocycles. The number of carbonyl (C=O) groups is 2. The van der Waals surface area contributed by atoms with Gasteiger partial charge in [0, 0.05) is 42.1 Å². The molecule has 1 saturated heterocycles. The van der Waals surface area contributed by atoms with Crippen molar-refractivity contribution in [1.82, 2.24) is 20.1 Å². The lowest BCUT2D eigenvalue weighted by atomic mass is 9.81. The van der Waals surface area contributed by atoms with Crippen molar-refractivity contribution in [3.05, 3.63) is 65.4 Å². The molecule has 0 radical (unpaired) electrons. The first-order chi connectivity index (χ1) is 15.8. The number of imide groups is 1. The Morgan fingerprint density at radius 1 is 1.18 bits per heavy atom. The van der Waals surface area contributed by atoms with Gasteiger partial charge in [-0.2, -0.15) is 0 Å². The molecule has 0 bridgehead atoms. The molecule has 0 aliphatic carbocycles. The van der Waals surface area contributed by atoms with E-state index >= 15 is 0 Å². The molecular weight excluding hydrogens is 416 g/mol. The van der Waals surface area contributed by atoms with Crippen LogP contribution in [0.15, 0.2) is 48.5 Å². The van der Waals surface area contributed by atoms with Gasteiger partial charge in [-0.1, -0.05) is 44.2 Å². The number of aromatic amines is 1. The fraction of sp³-hybridized carbons (Fsp3) is 0.385. The van der Waals surface area contributed by atoms with Crippen molar-refractivity contribution in [3.8, 4) is 5.75 Å². The normalized spacial score (nSPS) is 22.3. The summed E-state index contributed by atoms with van der Waals surface area (Å²) in [5, 5.41) is 4.35. The molecule has 3 heterocycles. The fourth-order valence-corrected chi connectivity index (χ4v) is 5.26. The van der Waals surface area contributed by atoms with E-state index in [4.69, 9.17) is 4.74 Å². The number of nitrogens with one attached hydrogen (secondary N) is 2. The van der Waals surface area contributed by atoms with Crippen molar-refractivity contribution in [1.29, 1.82) is 0 Å². The summed E-state index contributed by atoms with van der Waals surface area (Å²) in [4.78, 5) is 34.2. The van der Waals surface area contributed by atoms with Crippen LogP contribution in [0, 0.1) is 0 Å². The maximum absolute atomic E-state index is 13.7. The predicted octanol–water partition coefficient (Wildman–Crippen LogP) is 3.84. The third-order valence-electron chi connectivity index (χ3n) is 6.88. The molecule has 2 N–H and O–H groups in total. The number of aromatic nitrogens is 1. The number of carbonyl (C=O) groups excluding carboxylic acids is 2. The molecule has 2 aliphatic rings. The summed E-state index contributed by atoms with van der Waals surface area (Å²) in [6, 6.07) is 15.6. The smallest absolute Gasteiger partial charge is 0.328 e. The molecule has 7 nitrogen and oxygen atoms in total. The van der Waals surface area contributed by atoms with Gasteiger partial charge in [0.2, 0.25) is 0 Å². The van der Waals surface area contributed by atoms with Gasteiger partial charge in [0.25, 0.3) is 5.91 Å². The number of methoxy groups -OCH3 is 1. The van der Waals surface area contributed by atoms with Gasteiger partial charge in [0.1, 0.15) is 17.3 Å². The first-order valence-corrected chi connectivity index (χ1v) is 11.5. The second-order valence-corrected chi connectivity index (χ2v) is 9.41. The molecule has 172 valence electrons. The monoisotopic (exact) mass is 446 g/mol. The van der Waals surface area contributed by atoms with Crippen LogP contribution < -0.4 is 10.1 Å². The van der Waals surface area contributed by atoms with Crippen LogP contribution in [0.25, 0.3) is 10.9 Å². The highest BCUT2D eigenvalue weighted by Crippen LogP contribution is 2.48. The maximum Gasteiger partial charge on any atom is 0.328 e. The highest BCUT2D eigenvalue weighted by atomic mass is 16.5. The standard InChI is InChI=1S/C26H30N4O3/c1-16(2)27-12-13-29-24(31)26(3)15-20-19-14-18(33-4)10-11-21(19)28-22(20)23(30(26)25(29)32)17-8-6-5-7-9-17/h5-11,14,16,23,27-28H,12-13,15H2,1-4H3/t23-,26+/m1/s1. The summed E-state index contributed by atoms with van der Waals surface area (Å²) < 4.78 is 5.46. The Bertz CT molecular complexity index is 1220. The quantitative estimate of drug-likeness (QED) is 0.564. The summed E-state index contributed by atoms with van der Waals surface area (Å²) in [6.07, 6.45) is 0.456. The SMILES string of the molecule is COc1ccc2[nH]c3c(c2c1)C[C@@]1(C)C(=O)N(CCNC(C)C)C(=O)N1[C@@H]3c1ccccc1. The van der Waals surface area contributed by atoms with Crippen molar-refractivity contribution in [2.45, 2.75) is 44.8 Å². The van der Waals surface area contributed by atoms with Crippen LogP contribution in [0.1, 0.15) is 43.6 Å². The number of hydrogen-bond acceptors (Lipinski definition) is 4. The average molecular weight is 447 g/mol. The van der Waals surface area contributed by atoms with E-state index in [1.54, 1.807) is 12.0 Å². The lowest BCUT2D eigenvalue weighted by Crippen LogP contribution is -2.53. The third kappa shape index (κ3) is 3.30. The van der Waals surface area contributed by atoms with E-state index in [0.717, 1.165) is 33.5 Å². The van der Waals surface area contributed by atoms with Crippen molar-refractivity contribution in [2.75, 3.05) is 20.2 Å². The van der Waals surface area contributed by atoms with Crippen LogP contribution in [0.2, 0.25) is 0 Å². The molecular formula is C26H30N4O3. The number of ether oxygens (including phenoxy) is 1. The summed E-state index contributed by atoms with van der Waals surface area (Å²) in [7, 11) is 1.65. The zero-order valence-corrected chi connectivity index (χ0v) is 19.5. The zero-order chi connectivity index (χ0) is 23.3. The van der Waals surface area contributed by atoms with Crippen LogP contribution in [-0.2, 0) is 11.2 Å². The number of rotatable bonds is 6. The van der Waals surface area contributed by atoms with Crippen molar-refractivity contribution < 1.29 is 14.3 Å². The summed E-state index contributed by atoms with van der Waals surface area (Å²) >= 11 is 0. The Hall–Kier alpha value is -3.32. The van der Waals surface area contributed by atoms with E-state index in [1.165, 1.54) is 4.90 Å². The number of urea groups is 1. The lowest BCUT2D eigenvalue weighted by Gasteiger charge is -2.42. The first kappa shape index (κ1) is 21.5. The number of H-pyrrole nitrogens is 1. The highest BCUT2D eigenvalue weighted by molar-refractivity contribution is 6.08. The molecule has 33 heavy (non-hydrogen) atoms. The molecule has 3 amide bonds. The van der Waals surface area contributed by atoms with Crippen molar-refractivity contribution >= 4 is 22.8 Å². The molecule has 0 saturated carbocycles. The summed E-state index contributed by atoms with van der Waals surface area (Å²) in [6.45, 7) is 6.93. The second-order valence-electron chi connectivity index (χ2n) is 9.41. The van der Waals surface area contributed by atoms with Crippen molar-refractivity contribution in [2.24, 2.45) is 0 Å². The van der Waals surface area contributed by atoms with Crippen molar-refractivity contribution in [3.63, 3.8) is 0 Å².